The molecule has 0 amide bonds. The number of nitrogens with zero attached hydrogens (tertiary/aromatic N) is 1. The molecule has 4 heteroatoms. The maximum atomic E-state index is 13.5. The Kier molecular flexibility index (Phi) is 3.72. The van der Waals surface area contributed by atoms with Crippen molar-refractivity contribution in [3.05, 3.63) is 35.1 Å². The highest BCUT2D eigenvalue weighted by atomic mass is 19.1. The summed E-state index contributed by atoms with van der Waals surface area (Å²) in [7, 11) is 0. The lowest BCUT2D eigenvalue weighted by Crippen LogP contribution is -2.17. The van der Waals surface area contributed by atoms with Gasteiger partial charge >= 0.3 is 0 Å². The quantitative estimate of drug-likeness (QED) is 0.871. The van der Waals surface area contributed by atoms with Crippen LogP contribution in [-0.2, 0) is 11.3 Å². The van der Waals surface area contributed by atoms with Crippen molar-refractivity contribution in [1.82, 2.24) is 0 Å². The van der Waals surface area contributed by atoms with E-state index in [9.17, 15) is 4.39 Å². The van der Waals surface area contributed by atoms with Crippen molar-refractivity contribution in [2.24, 2.45) is 5.73 Å². The molecule has 17 heavy (non-hydrogen) atoms. The molecule has 0 bridgehead atoms. The summed E-state index contributed by atoms with van der Waals surface area (Å²) in [6.45, 7) is 0.245. The van der Waals surface area contributed by atoms with E-state index in [1.54, 1.807) is 12.1 Å². The smallest absolute Gasteiger partial charge is 0.130 e. The molecule has 2 rings (SSSR count). The summed E-state index contributed by atoms with van der Waals surface area (Å²) < 4.78 is 19.1. The predicted octanol–water partition coefficient (Wildman–Crippen LogP) is 2.09. The standard InChI is InChI=1S/C13H15FN2O/c14-13-5-9(7-15)1-2-10(13)8-17-12-4-3-11(16)6-12/h1-2,5,11-12H,3-4,6,8,16H2. The molecule has 0 radical (unpaired) electrons. The van der Waals surface area contributed by atoms with Crippen LogP contribution in [0.2, 0.25) is 0 Å². The Morgan fingerprint density at radius 1 is 1.47 bits per heavy atom. The number of hydrogen-bond donors (Lipinski definition) is 1. The van der Waals surface area contributed by atoms with Crippen molar-refractivity contribution in [3.8, 4) is 6.07 Å². The molecule has 1 aromatic rings. The summed E-state index contributed by atoms with van der Waals surface area (Å²) in [5.74, 6) is -0.383. The number of halogens is 1. The topological polar surface area (TPSA) is 59.0 Å². The molecule has 1 saturated carbocycles. The second-order valence-corrected chi connectivity index (χ2v) is 4.42. The molecule has 1 aromatic carbocycles. The second kappa shape index (κ2) is 5.26. The van der Waals surface area contributed by atoms with Crippen LogP contribution in [0.5, 0.6) is 0 Å². The molecule has 0 aliphatic heterocycles. The number of benzene rings is 1. The summed E-state index contributed by atoms with van der Waals surface area (Å²) >= 11 is 0. The number of nitriles is 1. The van der Waals surface area contributed by atoms with E-state index in [1.807, 2.05) is 6.07 Å². The molecule has 1 aliphatic carbocycles. The molecule has 0 aromatic heterocycles. The Bertz CT molecular complexity index is 442. The highest BCUT2D eigenvalue weighted by molar-refractivity contribution is 5.32. The van der Waals surface area contributed by atoms with Crippen LogP contribution in [0.15, 0.2) is 18.2 Å². The maximum absolute atomic E-state index is 13.5. The van der Waals surface area contributed by atoms with E-state index in [-0.39, 0.29) is 24.6 Å². The van der Waals surface area contributed by atoms with Gasteiger partial charge < -0.3 is 10.5 Å². The summed E-state index contributed by atoms with van der Waals surface area (Å²) in [6, 6.07) is 6.55. The molecule has 2 atom stereocenters. The highest BCUT2D eigenvalue weighted by Crippen LogP contribution is 2.22. The average molecular weight is 234 g/mol. The van der Waals surface area contributed by atoms with E-state index in [4.69, 9.17) is 15.7 Å². The summed E-state index contributed by atoms with van der Waals surface area (Å²) in [4.78, 5) is 0. The van der Waals surface area contributed by atoms with Gasteiger partial charge in [-0.15, -0.1) is 0 Å². The first kappa shape index (κ1) is 12.0. The number of hydrogen-bond acceptors (Lipinski definition) is 3. The van der Waals surface area contributed by atoms with E-state index < -0.39 is 0 Å². The van der Waals surface area contributed by atoms with Crippen molar-refractivity contribution in [2.75, 3.05) is 0 Å². The first-order valence-electron chi connectivity index (χ1n) is 5.74. The second-order valence-electron chi connectivity index (χ2n) is 4.42. The lowest BCUT2D eigenvalue weighted by molar-refractivity contribution is 0.0433. The molecular formula is C13H15FN2O. The fourth-order valence-electron chi connectivity index (χ4n) is 2.07. The number of nitrogens with two attached hydrogens (primary N) is 1. The normalized spacial score (nSPS) is 23.6. The van der Waals surface area contributed by atoms with Crippen molar-refractivity contribution >= 4 is 0 Å². The Labute approximate surface area is 100.0 Å². The van der Waals surface area contributed by atoms with Gasteiger partial charge in [-0.05, 0) is 31.4 Å². The first-order valence-corrected chi connectivity index (χ1v) is 5.74. The molecule has 2 unspecified atom stereocenters. The van der Waals surface area contributed by atoms with Crippen LogP contribution in [-0.4, -0.2) is 12.1 Å². The minimum Gasteiger partial charge on any atom is -0.373 e. The largest absolute Gasteiger partial charge is 0.373 e. The van der Waals surface area contributed by atoms with E-state index in [0.29, 0.717) is 11.1 Å². The number of rotatable bonds is 3. The first-order chi connectivity index (χ1) is 8.19. The fraction of sp³-hybridized carbons (Fsp3) is 0.462. The van der Waals surface area contributed by atoms with Crippen LogP contribution < -0.4 is 5.73 Å². The third kappa shape index (κ3) is 3.02. The van der Waals surface area contributed by atoms with E-state index in [2.05, 4.69) is 0 Å². The van der Waals surface area contributed by atoms with Crippen LogP contribution in [0.25, 0.3) is 0 Å². The van der Waals surface area contributed by atoms with Gasteiger partial charge in [0, 0.05) is 11.6 Å². The van der Waals surface area contributed by atoms with Gasteiger partial charge in [0.2, 0.25) is 0 Å². The molecular weight excluding hydrogens is 219 g/mol. The zero-order valence-corrected chi connectivity index (χ0v) is 9.53. The molecule has 1 aliphatic rings. The Morgan fingerprint density at radius 3 is 2.88 bits per heavy atom. The van der Waals surface area contributed by atoms with Gasteiger partial charge in [-0.25, -0.2) is 4.39 Å². The van der Waals surface area contributed by atoms with Crippen LogP contribution in [0.3, 0.4) is 0 Å². The predicted molar refractivity (Wildman–Crippen MR) is 61.5 cm³/mol. The third-order valence-electron chi connectivity index (χ3n) is 3.08. The maximum Gasteiger partial charge on any atom is 0.130 e. The van der Waals surface area contributed by atoms with E-state index >= 15 is 0 Å². The highest BCUT2D eigenvalue weighted by Gasteiger charge is 2.22. The van der Waals surface area contributed by atoms with Gasteiger partial charge in [-0.2, -0.15) is 5.26 Å². The molecule has 0 heterocycles. The summed E-state index contributed by atoms with van der Waals surface area (Å²) in [5, 5.41) is 8.62. The van der Waals surface area contributed by atoms with Crippen LogP contribution in [0.1, 0.15) is 30.4 Å². The van der Waals surface area contributed by atoms with Crippen LogP contribution in [0, 0.1) is 17.1 Å². The van der Waals surface area contributed by atoms with Gasteiger partial charge in [0.1, 0.15) is 5.82 Å². The average Bonchev–Trinajstić information content (AvgIpc) is 2.73. The summed E-state index contributed by atoms with van der Waals surface area (Å²) in [5.41, 5.74) is 6.59. The van der Waals surface area contributed by atoms with E-state index in [1.165, 1.54) is 6.07 Å². The molecule has 90 valence electrons. The zero-order chi connectivity index (χ0) is 12.3. The van der Waals surface area contributed by atoms with Crippen LogP contribution in [0.4, 0.5) is 4.39 Å². The summed E-state index contributed by atoms with van der Waals surface area (Å²) in [6.07, 6.45) is 2.90. The molecule has 3 nitrogen and oxygen atoms in total. The minimum absolute atomic E-state index is 0.139. The zero-order valence-electron chi connectivity index (χ0n) is 9.53. The molecule has 0 spiro atoms. The van der Waals surface area contributed by atoms with Gasteiger partial charge in [0.05, 0.1) is 24.3 Å². The monoisotopic (exact) mass is 234 g/mol. The molecule has 0 saturated heterocycles. The lowest BCUT2D eigenvalue weighted by atomic mass is 10.1. The lowest BCUT2D eigenvalue weighted by Gasteiger charge is -2.12. The molecule has 2 N–H and O–H groups in total. The van der Waals surface area contributed by atoms with Gasteiger partial charge in [0.15, 0.2) is 0 Å². The van der Waals surface area contributed by atoms with Crippen molar-refractivity contribution in [1.29, 1.82) is 5.26 Å². The Hall–Kier alpha value is -1.44. The minimum atomic E-state index is -0.383. The Morgan fingerprint density at radius 2 is 2.29 bits per heavy atom. The van der Waals surface area contributed by atoms with Gasteiger partial charge in [0.25, 0.3) is 0 Å². The van der Waals surface area contributed by atoms with Crippen molar-refractivity contribution in [3.63, 3.8) is 0 Å². The molecule has 1 fully saturated rings. The van der Waals surface area contributed by atoms with Gasteiger partial charge in [-0.3, -0.25) is 0 Å². The fourth-order valence-corrected chi connectivity index (χ4v) is 2.07. The number of ether oxygens (including phenoxy) is 1. The van der Waals surface area contributed by atoms with Crippen LogP contribution >= 0.6 is 0 Å². The van der Waals surface area contributed by atoms with Crippen molar-refractivity contribution < 1.29 is 9.13 Å². The Balaban J connectivity index is 1.93. The van der Waals surface area contributed by atoms with Crippen molar-refractivity contribution in [2.45, 2.75) is 38.0 Å². The van der Waals surface area contributed by atoms with Gasteiger partial charge in [-0.1, -0.05) is 6.07 Å². The third-order valence-corrected chi connectivity index (χ3v) is 3.08. The van der Waals surface area contributed by atoms with E-state index in [0.717, 1.165) is 19.3 Å². The SMILES string of the molecule is N#Cc1ccc(COC2CCC(N)C2)c(F)c1.